The summed E-state index contributed by atoms with van der Waals surface area (Å²) < 4.78 is 14.1. The fraction of sp³-hybridized carbons (Fsp3) is 0.222. The maximum absolute atomic E-state index is 13.2. The Bertz CT molecular complexity index is 336. The number of nitrogens with two attached hydrogens (primary N) is 1. The van der Waals surface area contributed by atoms with Crippen molar-refractivity contribution < 1.29 is 4.39 Å². The van der Waals surface area contributed by atoms with Gasteiger partial charge in [-0.25, -0.2) is 4.39 Å². The van der Waals surface area contributed by atoms with Crippen molar-refractivity contribution in [3.05, 3.63) is 34.1 Å². The molecule has 0 bridgehead atoms. The maximum atomic E-state index is 13.2. The van der Waals surface area contributed by atoms with Gasteiger partial charge in [-0.1, -0.05) is 22.9 Å². The van der Waals surface area contributed by atoms with E-state index in [0.29, 0.717) is 17.7 Å². The average Bonchev–Trinajstić information content (AvgIpc) is 2.13. The summed E-state index contributed by atoms with van der Waals surface area (Å²) in [6.45, 7) is 1.88. The molecule has 0 saturated carbocycles. The van der Waals surface area contributed by atoms with Crippen LogP contribution in [0.5, 0.6) is 0 Å². The predicted octanol–water partition coefficient (Wildman–Crippen LogP) is 2.66. The lowest BCUT2D eigenvalue weighted by molar-refractivity contribution is 0.624. The summed E-state index contributed by atoms with van der Waals surface area (Å²) in [7, 11) is 0. The van der Waals surface area contributed by atoms with Gasteiger partial charge in [-0.3, -0.25) is 0 Å². The Hall–Kier alpha value is -0.900. The van der Waals surface area contributed by atoms with E-state index in [4.69, 9.17) is 5.84 Å². The largest absolute Gasteiger partial charge is 0.323 e. The fourth-order valence-electron chi connectivity index (χ4n) is 1.07. The van der Waals surface area contributed by atoms with Crippen LogP contribution < -0.4 is 5.84 Å². The molecule has 0 amide bonds. The van der Waals surface area contributed by atoms with E-state index in [0.717, 1.165) is 4.47 Å². The van der Waals surface area contributed by atoms with E-state index < -0.39 is 0 Å². The molecule has 0 saturated heterocycles. The van der Waals surface area contributed by atoms with E-state index in [1.165, 1.54) is 6.07 Å². The Morgan fingerprint density at radius 3 is 2.85 bits per heavy atom. The number of hydrogen-bond acceptors (Lipinski definition) is 2. The molecule has 2 nitrogen and oxygen atoms in total. The summed E-state index contributed by atoms with van der Waals surface area (Å²) in [5, 5.41) is 3.53. The van der Waals surface area contributed by atoms with E-state index in [2.05, 4.69) is 21.0 Å². The first-order valence-corrected chi connectivity index (χ1v) is 4.70. The molecule has 0 aliphatic heterocycles. The molecule has 1 aromatic rings. The van der Waals surface area contributed by atoms with Crippen LogP contribution in [-0.2, 0) is 0 Å². The lowest BCUT2D eigenvalue weighted by Gasteiger charge is -2.04. The molecule has 1 aromatic carbocycles. The van der Waals surface area contributed by atoms with Gasteiger partial charge in [0.25, 0.3) is 0 Å². The predicted molar refractivity (Wildman–Crippen MR) is 55.1 cm³/mol. The molecule has 13 heavy (non-hydrogen) atoms. The number of hydrogen-bond donors (Lipinski definition) is 1. The summed E-state index contributed by atoms with van der Waals surface area (Å²) in [5.41, 5.74) is 1.03. The molecule has 0 aliphatic rings. The maximum Gasteiger partial charge on any atom is 0.132 e. The van der Waals surface area contributed by atoms with Crippen LogP contribution >= 0.6 is 15.9 Å². The molecule has 0 aliphatic carbocycles. The number of nitrogens with zero attached hydrogens (tertiary/aromatic N) is 1. The average molecular weight is 245 g/mol. The van der Waals surface area contributed by atoms with Crippen molar-refractivity contribution >= 4 is 21.6 Å². The van der Waals surface area contributed by atoms with Gasteiger partial charge in [-0.2, -0.15) is 5.10 Å². The first-order chi connectivity index (χ1) is 6.19. The molecule has 70 valence electrons. The third-order valence-corrected chi connectivity index (χ3v) is 2.22. The van der Waals surface area contributed by atoms with Crippen molar-refractivity contribution in [2.75, 3.05) is 0 Å². The third-order valence-electron chi connectivity index (χ3n) is 1.73. The monoisotopic (exact) mass is 244 g/mol. The molecule has 4 heteroatoms. The van der Waals surface area contributed by atoms with Crippen LogP contribution in [0.2, 0.25) is 0 Å². The highest BCUT2D eigenvalue weighted by Crippen LogP contribution is 2.17. The molecule has 0 radical (unpaired) electrons. The van der Waals surface area contributed by atoms with Crippen molar-refractivity contribution in [2.24, 2.45) is 10.9 Å². The lowest BCUT2D eigenvalue weighted by atomic mass is 10.1. The molecular formula is C9H10BrFN2. The van der Waals surface area contributed by atoms with Crippen molar-refractivity contribution in [1.82, 2.24) is 0 Å². The Labute approximate surface area is 84.8 Å². The second-order valence-corrected chi connectivity index (χ2v) is 3.47. The zero-order valence-corrected chi connectivity index (χ0v) is 8.81. The van der Waals surface area contributed by atoms with E-state index >= 15 is 0 Å². The Morgan fingerprint density at radius 1 is 1.62 bits per heavy atom. The van der Waals surface area contributed by atoms with Crippen LogP contribution in [0.25, 0.3) is 0 Å². The summed E-state index contributed by atoms with van der Waals surface area (Å²) in [4.78, 5) is 0. The van der Waals surface area contributed by atoms with Crippen LogP contribution in [0.4, 0.5) is 4.39 Å². The molecule has 0 aromatic heterocycles. The van der Waals surface area contributed by atoms with E-state index in [1.54, 1.807) is 12.1 Å². The second kappa shape index (κ2) is 4.37. The van der Waals surface area contributed by atoms with Gasteiger partial charge in [0.2, 0.25) is 0 Å². The van der Waals surface area contributed by atoms with Gasteiger partial charge in [0.1, 0.15) is 5.82 Å². The molecule has 2 N–H and O–H groups in total. The first-order valence-electron chi connectivity index (χ1n) is 3.91. The molecule has 0 heterocycles. The summed E-state index contributed by atoms with van der Waals surface area (Å²) >= 11 is 3.26. The fourth-order valence-corrected chi connectivity index (χ4v) is 1.43. The van der Waals surface area contributed by atoms with Crippen LogP contribution in [-0.4, -0.2) is 5.71 Å². The molecular weight excluding hydrogens is 235 g/mol. The number of rotatable bonds is 2. The van der Waals surface area contributed by atoms with Gasteiger partial charge >= 0.3 is 0 Å². The van der Waals surface area contributed by atoms with Gasteiger partial charge in [-0.05, 0) is 24.6 Å². The van der Waals surface area contributed by atoms with Gasteiger partial charge < -0.3 is 5.84 Å². The number of benzene rings is 1. The van der Waals surface area contributed by atoms with Crippen LogP contribution in [0.3, 0.4) is 0 Å². The van der Waals surface area contributed by atoms with Crippen LogP contribution in [0.15, 0.2) is 27.8 Å². The van der Waals surface area contributed by atoms with Gasteiger partial charge in [-0.15, -0.1) is 0 Å². The molecule has 1 rings (SSSR count). The summed E-state index contributed by atoms with van der Waals surface area (Å²) in [6.07, 6.45) is 0.615. The van der Waals surface area contributed by atoms with Crippen LogP contribution in [0.1, 0.15) is 18.9 Å². The van der Waals surface area contributed by atoms with Crippen LogP contribution in [0, 0.1) is 5.82 Å². The molecule has 0 fully saturated rings. The first kappa shape index (κ1) is 10.2. The Kier molecular flexibility index (Phi) is 3.42. The van der Waals surface area contributed by atoms with Crippen molar-refractivity contribution in [3.8, 4) is 0 Å². The third kappa shape index (κ3) is 2.28. The summed E-state index contributed by atoms with van der Waals surface area (Å²) in [5.74, 6) is 4.84. The topological polar surface area (TPSA) is 38.4 Å². The minimum Gasteiger partial charge on any atom is -0.323 e. The van der Waals surface area contributed by atoms with E-state index in [1.807, 2.05) is 6.92 Å². The normalized spacial score (nSPS) is 11.8. The highest BCUT2D eigenvalue weighted by molar-refractivity contribution is 9.10. The van der Waals surface area contributed by atoms with E-state index in [-0.39, 0.29) is 5.82 Å². The standard InChI is InChI=1S/C9H10BrFN2/c1-2-9(13-12)7-5-6(10)3-4-8(7)11/h3-5H,2,12H2,1H3. The van der Waals surface area contributed by atoms with Crippen molar-refractivity contribution in [1.29, 1.82) is 0 Å². The smallest absolute Gasteiger partial charge is 0.132 e. The zero-order chi connectivity index (χ0) is 9.84. The van der Waals surface area contributed by atoms with Crippen molar-refractivity contribution in [3.63, 3.8) is 0 Å². The number of hydrazone groups is 1. The van der Waals surface area contributed by atoms with Gasteiger partial charge in [0.05, 0.1) is 5.71 Å². The lowest BCUT2D eigenvalue weighted by Crippen LogP contribution is -2.05. The second-order valence-electron chi connectivity index (χ2n) is 2.55. The molecule has 0 spiro atoms. The Balaban J connectivity index is 3.19. The van der Waals surface area contributed by atoms with Gasteiger partial charge in [0.15, 0.2) is 0 Å². The van der Waals surface area contributed by atoms with Crippen molar-refractivity contribution in [2.45, 2.75) is 13.3 Å². The number of halogens is 2. The SMILES string of the molecule is CCC(=NN)c1cc(Br)ccc1F. The molecule has 0 unspecified atom stereocenters. The summed E-state index contributed by atoms with van der Waals surface area (Å²) in [6, 6.07) is 4.70. The molecule has 0 atom stereocenters. The highest BCUT2D eigenvalue weighted by Gasteiger charge is 2.07. The highest BCUT2D eigenvalue weighted by atomic mass is 79.9. The zero-order valence-electron chi connectivity index (χ0n) is 7.22. The quantitative estimate of drug-likeness (QED) is 0.485. The van der Waals surface area contributed by atoms with Gasteiger partial charge in [0, 0.05) is 10.0 Å². The minimum atomic E-state index is -0.297. The Morgan fingerprint density at radius 2 is 2.31 bits per heavy atom. The minimum absolute atomic E-state index is 0.297. The van der Waals surface area contributed by atoms with E-state index in [9.17, 15) is 4.39 Å².